The van der Waals surface area contributed by atoms with E-state index in [2.05, 4.69) is 20.3 Å². The molecule has 1 fully saturated rings. The zero-order valence-corrected chi connectivity index (χ0v) is 19.5. The second-order valence-corrected chi connectivity index (χ2v) is 8.77. The summed E-state index contributed by atoms with van der Waals surface area (Å²) in [4.78, 5) is 24.2. The molecule has 0 spiro atoms. The topological polar surface area (TPSA) is 84.6 Å². The molecule has 2 aromatic carbocycles. The van der Waals surface area contributed by atoms with E-state index >= 15 is 0 Å². The second-order valence-electron chi connectivity index (χ2n) is 8.77. The molecule has 0 bridgehead atoms. The number of aryl methyl sites for hydroxylation is 1. The number of benzene rings is 2. The van der Waals surface area contributed by atoms with Crippen molar-refractivity contribution in [1.82, 2.24) is 14.8 Å². The van der Waals surface area contributed by atoms with Crippen LogP contribution in [-0.4, -0.2) is 52.7 Å². The second kappa shape index (κ2) is 8.80. The summed E-state index contributed by atoms with van der Waals surface area (Å²) >= 11 is 0. The SMILES string of the molecule is Cn1ncc2c(F)c(C(=O)Nc3ccc4c(c3)C(c3cncc(N5CCOCC5)c3)=NC4)c(F)cc21. The molecular formula is C26H22F2N6O2. The number of hydrogen-bond donors (Lipinski definition) is 1. The molecular weight excluding hydrogens is 466 g/mol. The van der Waals surface area contributed by atoms with Crippen LogP contribution in [-0.2, 0) is 18.3 Å². The van der Waals surface area contributed by atoms with Gasteiger partial charge in [-0.1, -0.05) is 6.07 Å². The van der Waals surface area contributed by atoms with Gasteiger partial charge in [-0.25, -0.2) is 8.78 Å². The van der Waals surface area contributed by atoms with Gasteiger partial charge < -0.3 is 15.0 Å². The summed E-state index contributed by atoms with van der Waals surface area (Å²) in [6.07, 6.45) is 4.86. The van der Waals surface area contributed by atoms with Crippen LogP contribution < -0.4 is 10.2 Å². The highest BCUT2D eigenvalue weighted by molar-refractivity contribution is 6.16. The number of fused-ring (bicyclic) bond motifs is 2. The van der Waals surface area contributed by atoms with Crippen molar-refractivity contribution in [2.24, 2.45) is 12.0 Å². The minimum atomic E-state index is -0.949. The Morgan fingerprint density at radius 2 is 1.92 bits per heavy atom. The molecule has 6 rings (SSSR count). The van der Waals surface area contributed by atoms with Gasteiger partial charge in [0.1, 0.15) is 17.2 Å². The van der Waals surface area contributed by atoms with Crippen molar-refractivity contribution < 1.29 is 18.3 Å². The summed E-state index contributed by atoms with van der Waals surface area (Å²) < 4.78 is 36.5. The molecule has 2 aromatic heterocycles. The van der Waals surface area contributed by atoms with Gasteiger partial charge in [0.05, 0.1) is 54.5 Å². The van der Waals surface area contributed by atoms with Gasteiger partial charge in [0, 0.05) is 49.2 Å². The summed E-state index contributed by atoms with van der Waals surface area (Å²) in [7, 11) is 1.58. The van der Waals surface area contributed by atoms with Gasteiger partial charge in [0.25, 0.3) is 5.91 Å². The van der Waals surface area contributed by atoms with Crippen molar-refractivity contribution in [3.8, 4) is 0 Å². The minimum absolute atomic E-state index is 0.0834. The van der Waals surface area contributed by atoms with Crippen molar-refractivity contribution in [3.63, 3.8) is 0 Å². The molecule has 2 aliphatic rings. The van der Waals surface area contributed by atoms with Gasteiger partial charge in [-0.3, -0.25) is 19.5 Å². The summed E-state index contributed by atoms with van der Waals surface area (Å²) in [5, 5.41) is 6.67. The van der Waals surface area contributed by atoms with E-state index in [-0.39, 0.29) is 10.9 Å². The van der Waals surface area contributed by atoms with Crippen LogP contribution in [0.15, 0.2) is 53.9 Å². The van der Waals surface area contributed by atoms with Gasteiger partial charge in [0.2, 0.25) is 0 Å². The maximum Gasteiger partial charge on any atom is 0.261 e. The van der Waals surface area contributed by atoms with Crippen molar-refractivity contribution in [2.75, 3.05) is 36.5 Å². The molecule has 1 amide bonds. The molecule has 0 atom stereocenters. The summed E-state index contributed by atoms with van der Waals surface area (Å²) in [5.74, 6) is -2.76. The zero-order chi connectivity index (χ0) is 24.8. The van der Waals surface area contributed by atoms with E-state index in [0.29, 0.717) is 25.4 Å². The molecule has 10 heteroatoms. The van der Waals surface area contributed by atoms with E-state index in [0.717, 1.165) is 47.2 Å². The smallest absolute Gasteiger partial charge is 0.261 e. The zero-order valence-electron chi connectivity index (χ0n) is 19.5. The average Bonchev–Trinajstić information content (AvgIpc) is 3.48. The molecule has 1 N–H and O–H groups in total. The Labute approximate surface area is 205 Å². The van der Waals surface area contributed by atoms with Gasteiger partial charge in [-0.05, 0) is 23.8 Å². The molecule has 0 aliphatic carbocycles. The molecule has 2 aliphatic heterocycles. The highest BCUT2D eigenvalue weighted by Gasteiger charge is 2.24. The molecule has 4 heterocycles. The lowest BCUT2D eigenvalue weighted by atomic mass is 10.00. The van der Waals surface area contributed by atoms with E-state index in [1.807, 2.05) is 18.3 Å². The largest absolute Gasteiger partial charge is 0.378 e. The minimum Gasteiger partial charge on any atom is -0.378 e. The van der Waals surface area contributed by atoms with Gasteiger partial charge in [-0.15, -0.1) is 0 Å². The van der Waals surface area contributed by atoms with Crippen LogP contribution in [0.5, 0.6) is 0 Å². The Bertz CT molecular complexity index is 1540. The number of carbonyl (C=O) groups excluding carboxylic acids is 1. The van der Waals surface area contributed by atoms with Crippen molar-refractivity contribution in [1.29, 1.82) is 0 Å². The van der Waals surface area contributed by atoms with Crippen molar-refractivity contribution >= 4 is 33.9 Å². The van der Waals surface area contributed by atoms with Crippen LogP contribution in [0.3, 0.4) is 0 Å². The number of anilines is 2. The Kier molecular flexibility index (Phi) is 5.45. The van der Waals surface area contributed by atoms with E-state index < -0.39 is 23.1 Å². The number of nitrogens with one attached hydrogen (secondary N) is 1. The van der Waals surface area contributed by atoms with E-state index in [4.69, 9.17) is 9.73 Å². The fourth-order valence-electron chi connectivity index (χ4n) is 4.68. The number of amides is 1. The quantitative estimate of drug-likeness (QED) is 0.474. The number of nitrogens with zero attached hydrogens (tertiary/aromatic N) is 5. The standard InChI is InChI=1S/C26H22F2N6O2/c1-33-22-10-21(27)23(24(28)20(22)14-31-33)26(35)32-17-3-2-15-12-30-25(19(15)9-17)16-8-18(13-29-11-16)34-4-6-36-7-5-34/h2-3,8-11,13-14H,4-7,12H2,1H3,(H,32,35). The molecule has 182 valence electrons. The third-order valence-electron chi connectivity index (χ3n) is 6.57. The first-order valence-electron chi connectivity index (χ1n) is 11.6. The highest BCUT2D eigenvalue weighted by Crippen LogP contribution is 2.29. The number of aliphatic imine (C=N–C) groups is 1. The van der Waals surface area contributed by atoms with Crippen molar-refractivity contribution in [3.05, 3.63) is 82.8 Å². The third-order valence-corrected chi connectivity index (χ3v) is 6.57. The average molecular weight is 488 g/mol. The third kappa shape index (κ3) is 3.79. The number of morpholine rings is 1. The normalized spacial score (nSPS) is 15.2. The van der Waals surface area contributed by atoms with Gasteiger partial charge in [-0.2, -0.15) is 5.10 Å². The molecule has 4 aromatic rings. The Hall–Kier alpha value is -4.18. The first-order valence-corrected chi connectivity index (χ1v) is 11.6. The summed E-state index contributed by atoms with van der Waals surface area (Å²) in [6.45, 7) is 3.43. The number of halogens is 2. The lowest BCUT2D eigenvalue weighted by Crippen LogP contribution is -2.36. The van der Waals surface area contributed by atoms with Crippen LogP contribution >= 0.6 is 0 Å². The predicted octanol–water partition coefficient (Wildman–Crippen LogP) is 3.69. The lowest BCUT2D eigenvalue weighted by molar-refractivity contribution is 0.101. The van der Waals surface area contributed by atoms with Gasteiger partial charge in [0.15, 0.2) is 0 Å². The summed E-state index contributed by atoms with van der Waals surface area (Å²) in [6, 6.07) is 8.50. The number of ether oxygens (including phenoxy) is 1. The highest BCUT2D eigenvalue weighted by atomic mass is 19.1. The summed E-state index contributed by atoms with van der Waals surface area (Å²) in [5.41, 5.74) is 4.49. The number of aromatic nitrogens is 3. The number of carbonyl (C=O) groups is 1. The maximum atomic E-state index is 15.0. The van der Waals surface area contributed by atoms with Gasteiger partial charge >= 0.3 is 0 Å². The Morgan fingerprint density at radius 1 is 1.08 bits per heavy atom. The van der Waals surface area contributed by atoms with Crippen LogP contribution in [0.2, 0.25) is 0 Å². The molecule has 36 heavy (non-hydrogen) atoms. The molecule has 0 radical (unpaired) electrons. The molecule has 0 saturated carbocycles. The van der Waals surface area contributed by atoms with E-state index in [9.17, 15) is 13.6 Å². The van der Waals surface area contributed by atoms with Crippen LogP contribution in [0.4, 0.5) is 20.2 Å². The van der Waals surface area contributed by atoms with Crippen LogP contribution in [0, 0.1) is 11.6 Å². The fourth-order valence-corrected chi connectivity index (χ4v) is 4.68. The molecule has 8 nitrogen and oxygen atoms in total. The predicted molar refractivity (Wildman–Crippen MR) is 132 cm³/mol. The Morgan fingerprint density at radius 3 is 2.75 bits per heavy atom. The maximum absolute atomic E-state index is 15.0. The first-order chi connectivity index (χ1) is 17.5. The number of rotatable bonds is 4. The number of hydrogen-bond acceptors (Lipinski definition) is 6. The van der Waals surface area contributed by atoms with Crippen molar-refractivity contribution in [2.45, 2.75) is 6.54 Å². The van der Waals surface area contributed by atoms with Crippen LogP contribution in [0.25, 0.3) is 10.9 Å². The lowest BCUT2D eigenvalue weighted by Gasteiger charge is -2.28. The monoisotopic (exact) mass is 488 g/mol. The molecule has 0 unspecified atom stereocenters. The molecule has 1 saturated heterocycles. The number of pyridine rings is 1. The van der Waals surface area contributed by atoms with E-state index in [1.165, 1.54) is 10.9 Å². The van der Waals surface area contributed by atoms with Crippen LogP contribution in [0.1, 0.15) is 27.0 Å². The van der Waals surface area contributed by atoms with E-state index in [1.54, 1.807) is 25.4 Å². The Balaban J connectivity index is 1.29. The first kappa shape index (κ1) is 22.3. The fraction of sp³-hybridized carbons (Fsp3) is 0.231.